The lowest BCUT2D eigenvalue weighted by Gasteiger charge is -2.16. The predicted octanol–water partition coefficient (Wildman–Crippen LogP) is 2.10. The smallest absolute Gasteiger partial charge is 0.273 e. The van der Waals surface area contributed by atoms with Gasteiger partial charge in [0.15, 0.2) is 0 Å². The fourth-order valence-electron chi connectivity index (χ4n) is 1.88. The van der Waals surface area contributed by atoms with E-state index in [9.17, 15) is 4.79 Å². The third kappa shape index (κ3) is 4.54. The molecule has 2 rings (SSSR count). The number of likely N-dealkylation sites (N-methyl/N-ethyl adjacent to an activating group) is 1. The molecular formula is C16H21N3O2S. The number of carbonyl (C=O) groups is 1. The van der Waals surface area contributed by atoms with Crippen molar-refractivity contribution in [2.75, 3.05) is 26.7 Å². The van der Waals surface area contributed by atoms with E-state index in [-0.39, 0.29) is 5.91 Å². The zero-order chi connectivity index (χ0) is 15.9. The van der Waals surface area contributed by atoms with Crippen LogP contribution in [0.3, 0.4) is 0 Å². The number of hydrogen-bond acceptors (Lipinski definition) is 5. The van der Waals surface area contributed by atoms with Crippen LogP contribution < -0.4 is 10.5 Å². The van der Waals surface area contributed by atoms with Gasteiger partial charge in [0.25, 0.3) is 5.91 Å². The largest absolute Gasteiger partial charge is 0.492 e. The van der Waals surface area contributed by atoms with Crippen LogP contribution in [-0.2, 0) is 6.42 Å². The van der Waals surface area contributed by atoms with E-state index in [1.54, 1.807) is 17.3 Å². The topological polar surface area (TPSA) is 68.5 Å². The molecule has 2 N–H and O–H groups in total. The van der Waals surface area contributed by atoms with E-state index >= 15 is 0 Å². The molecular weight excluding hydrogens is 298 g/mol. The summed E-state index contributed by atoms with van der Waals surface area (Å²) in [6, 6.07) is 7.85. The Hall–Kier alpha value is -1.92. The van der Waals surface area contributed by atoms with Crippen LogP contribution >= 0.6 is 11.3 Å². The Morgan fingerprint density at radius 1 is 1.36 bits per heavy atom. The fraction of sp³-hybridized carbons (Fsp3) is 0.375. The Balaban J connectivity index is 1.81. The Morgan fingerprint density at radius 3 is 2.77 bits per heavy atom. The van der Waals surface area contributed by atoms with Crippen molar-refractivity contribution in [1.82, 2.24) is 9.88 Å². The minimum Gasteiger partial charge on any atom is -0.492 e. The van der Waals surface area contributed by atoms with Crippen LogP contribution in [0, 0.1) is 6.92 Å². The van der Waals surface area contributed by atoms with Gasteiger partial charge in [-0.05, 0) is 25.6 Å². The first-order valence-corrected chi connectivity index (χ1v) is 8.07. The first-order valence-electron chi connectivity index (χ1n) is 7.19. The van der Waals surface area contributed by atoms with Gasteiger partial charge in [0, 0.05) is 18.8 Å². The molecule has 0 aliphatic heterocycles. The summed E-state index contributed by atoms with van der Waals surface area (Å²) in [6.45, 7) is 3.53. The summed E-state index contributed by atoms with van der Waals surface area (Å²) in [4.78, 5) is 18.2. The van der Waals surface area contributed by atoms with Crippen LogP contribution in [-0.4, -0.2) is 42.5 Å². The van der Waals surface area contributed by atoms with Crippen molar-refractivity contribution in [3.63, 3.8) is 0 Å². The second-order valence-corrected chi connectivity index (χ2v) is 6.00. The molecule has 0 spiro atoms. The van der Waals surface area contributed by atoms with Crippen LogP contribution in [0.2, 0.25) is 0 Å². The summed E-state index contributed by atoms with van der Waals surface area (Å²) >= 11 is 1.47. The van der Waals surface area contributed by atoms with Crippen molar-refractivity contribution in [2.45, 2.75) is 13.3 Å². The zero-order valence-electron chi connectivity index (χ0n) is 12.9. The number of rotatable bonds is 7. The fourth-order valence-corrected chi connectivity index (χ4v) is 2.67. The third-order valence-electron chi connectivity index (χ3n) is 3.19. The van der Waals surface area contributed by atoms with E-state index in [4.69, 9.17) is 10.5 Å². The second-order valence-electron chi connectivity index (χ2n) is 5.05. The molecule has 0 radical (unpaired) electrons. The maximum atomic E-state index is 12.2. The van der Waals surface area contributed by atoms with Gasteiger partial charge in [-0.3, -0.25) is 4.79 Å². The van der Waals surface area contributed by atoms with E-state index in [1.807, 2.05) is 31.2 Å². The molecule has 0 saturated heterocycles. The summed E-state index contributed by atoms with van der Waals surface area (Å²) < 4.78 is 5.63. The molecule has 1 aromatic carbocycles. The monoisotopic (exact) mass is 319 g/mol. The summed E-state index contributed by atoms with van der Waals surface area (Å²) in [5, 5.41) is 2.68. The minimum absolute atomic E-state index is 0.0907. The molecule has 1 amide bonds. The SMILES string of the molecule is Cc1ccc(OCCN(C)C(=O)c2csc(CCN)n2)cc1. The van der Waals surface area contributed by atoms with Gasteiger partial charge >= 0.3 is 0 Å². The van der Waals surface area contributed by atoms with Crippen molar-refractivity contribution in [3.8, 4) is 5.75 Å². The van der Waals surface area contributed by atoms with Gasteiger partial charge in [0.05, 0.1) is 11.6 Å². The Kier molecular flexibility index (Phi) is 5.91. The van der Waals surface area contributed by atoms with Gasteiger partial charge in [-0.1, -0.05) is 17.7 Å². The molecule has 0 aliphatic rings. The van der Waals surface area contributed by atoms with Gasteiger partial charge < -0.3 is 15.4 Å². The maximum Gasteiger partial charge on any atom is 0.273 e. The molecule has 1 aromatic heterocycles. The van der Waals surface area contributed by atoms with Crippen LogP contribution in [0.1, 0.15) is 21.1 Å². The maximum absolute atomic E-state index is 12.2. The lowest BCUT2D eigenvalue weighted by atomic mass is 10.2. The standard InChI is InChI=1S/C16H21N3O2S/c1-12-3-5-13(6-4-12)21-10-9-19(2)16(20)14-11-22-15(18-14)7-8-17/h3-6,11H,7-10,17H2,1-2H3. The Labute approximate surface area is 134 Å². The van der Waals surface area contributed by atoms with Crippen molar-refractivity contribution < 1.29 is 9.53 Å². The van der Waals surface area contributed by atoms with Gasteiger partial charge in [0.1, 0.15) is 18.1 Å². The Morgan fingerprint density at radius 2 is 2.09 bits per heavy atom. The quantitative estimate of drug-likeness (QED) is 0.848. The first-order chi connectivity index (χ1) is 10.6. The predicted molar refractivity (Wildman–Crippen MR) is 88.5 cm³/mol. The van der Waals surface area contributed by atoms with Gasteiger partial charge in [-0.25, -0.2) is 4.98 Å². The highest BCUT2D eigenvalue weighted by Gasteiger charge is 2.15. The van der Waals surface area contributed by atoms with Crippen LogP contribution in [0.15, 0.2) is 29.6 Å². The Bertz CT molecular complexity index is 610. The lowest BCUT2D eigenvalue weighted by molar-refractivity contribution is 0.0768. The van der Waals surface area contributed by atoms with E-state index in [1.165, 1.54) is 16.9 Å². The molecule has 0 bridgehead atoms. The van der Waals surface area contributed by atoms with E-state index in [0.29, 0.717) is 31.8 Å². The van der Waals surface area contributed by atoms with E-state index in [0.717, 1.165) is 10.8 Å². The van der Waals surface area contributed by atoms with E-state index in [2.05, 4.69) is 4.98 Å². The number of hydrogen-bond donors (Lipinski definition) is 1. The number of nitrogens with two attached hydrogens (primary N) is 1. The molecule has 0 aliphatic carbocycles. The minimum atomic E-state index is -0.0907. The number of nitrogens with zero attached hydrogens (tertiary/aromatic N) is 2. The van der Waals surface area contributed by atoms with Crippen LogP contribution in [0.5, 0.6) is 5.75 Å². The van der Waals surface area contributed by atoms with Crippen LogP contribution in [0.4, 0.5) is 0 Å². The van der Waals surface area contributed by atoms with Crippen LogP contribution in [0.25, 0.3) is 0 Å². The number of aryl methyl sites for hydroxylation is 1. The molecule has 6 heteroatoms. The zero-order valence-corrected chi connectivity index (χ0v) is 13.7. The number of carbonyl (C=O) groups excluding carboxylic acids is 1. The molecule has 118 valence electrons. The molecule has 0 unspecified atom stereocenters. The number of aromatic nitrogens is 1. The first kappa shape index (κ1) is 16.5. The molecule has 5 nitrogen and oxygen atoms in total. The summed E-state index contributed by atoms with van der Waals surface area (Å²) in [7, 11) is 1.75. The number of benzene rings is 1. The summed E-state index contributed by atoms with van der Waals surface area (Å²) in [5.74, 6) is 0.720. The molecule has 2 aromatic rings. The molecule has 0 atom stereocenters. The third-order valence-corrected chi connectivity index (χ3v) is 4.10. The van der Waals surface area contributed by atoms with Gasteiger partial charge in [-0.15, -0.1) is 11.3 Å². The highest BCUT2D eigenvalue weighted by Crippen LogP contribution is 2.13. The highest BCUT2D eigenvalue weighted by atomic mass is 32.1. The average Bonchev–Trinajstić information content (AvgIpc) is 2.97. The number of ether oxygens (including phenoxy) is 1. The van der Waals surface area contributed by atoms with Crippen molar-refractivity contribution in [3.05, 3.63) is 45.9 Å². The lowest BCUT2D eigenvalue weighted by Crippen LogP contribution is -2.31. The molecule has 22 heavy (non-hydrogen) atoms. The average molecular weight is 319 g/mol. The second kappa shape index (κ2) is 7.91. The molecule has 1 heterocycles. The van der Waals surface area contributed by atoms with E-state index < -0.39 is 0 Å². The van der Waals surface area contributed by atoms with Gasteiger partial charge in [0.2, 0.25) is 0 Å². The normalized spacial score (nSPS) is 10.5. The van der Waals surface area contributed by atoms with Crippen molar-refractivity contribution >= 4 is 17.2 Å². The number of thiazole rings is 1. The van der Waals surface area contributed by atoms with Crippen molar-refractivity contribution in [2.24, 2.45) is 5.73 Å². The summed E-state index contributed by atoms with van der Waals surface area (Å²) in [6.07, 6.45) is 0.707. The molecule has 0 fully saturated rings. The molecule has 0 saturated carbocycles. The highest BCUT2D eigenvalue weighted by molar-refractivity contribution is 7.09. The summed E-state index contributed by atoms with van der Waals surface area (Å²) in [5.41, 5.74) is 7.16. The number of amides is 1. The van der Waals surface area contributed by atoms with Crippen molar-refractivity contribution in [1.29, 1.82) is 0 Å². The van der Waals surface area contributed by atoms with Gasteiger partial charge in [-0.2, -0.15) is 0 Å².